The van der Waals surface area contributed by atoms with E-state index in [1.807, 2.05) is 70.2 Å². The van der Waals surface area contributed by atoms with Crippen LogP contribution in [0.4, 0.5) is 0 Å². The quantitative estimate of drug-likeness (QED) is 0.378. The Bertz CT molecular complexity index is 1180. The highest BCUT2D eigenvalue weighted by molar-refractivity contribution is 7.99. The highest BCUT2D eigenvalue weighted by Gasteiger charge is 2.18. The summed E-state index contributed by atoms with van der Waals surface area (Å²) < 4.78 is 3.82. The molecule has 0 saturated heterocycles. The molecule has 0 aliphatic carbocycles. The number of carbonyl (C=O) groups excluding carboxylic acids is 1. The van der Waals surface area contributed by atoms with E-state index in [1.54, 1.807) is 4.52 Å². The largest absolute Gasteiger partial charge is 0.318 e. The molecule has 4 aromatic rings. The van der Waals surface area contributed by atoms with Gasteiger partial charge in [-0.05, 0) is 52.0 Å². The van der Waals surface area contributed by atoms with Gasteiger partial charge in [0.1, 0.15) is 0 Å². The van der Waals surface area contributed by atoms with Crippen molar-refractivity contribution < 1.29 is 4.79 Å². The molecule has 0 atom stereocenters. The third kappa shape index (κ3) is 3.33. The molecule has 0 bridgehead atoms. The predicted octanol–water partition coefficient (Wildman–Crippen LogP) is 4.12. The first kappa shape index (κ1) is 18.4. The van der Waals surface area contributed by atoms with Crippen LogP contribution < -0.4 is 0 Å². The number of aromatic nitrogens is 5. The van der Waals surface area contributed by atoms with Gasteiger partial charge in [0.15, 0.2) is 5.78 Å². The van der Waals surface area contributed by atoms with Crippen molar-refractivity contribution in [3.8, 4) is 5.69 Å². The number of benzene rings is 1. The second-order valence-corrected chi connectivity index (χ2v) is 7.76. The van der Waals surface area contributed by atoms with E-state index in [9.17, 15) is 4.79 Å². The van der Waals surface area contributed by atoms with E-state index < -0.39 is 0 Å². The van der Waals surface area contributed by atoms with E-state index >= 15 is 0 Å². The zero-order chi connectivity index (χ0) is 19.8. The lowest BCUT2D eigenvalue weighted by Crippen LogP contribution is -2.05. The molecule has 0 saturated carbocycles. The summed E-state index contributed by atoms with van der Waals surface area (Å²) in [5.41, 5.74) is 5.66. The predicted molar refractivity (Wildman–Crippen MR) is 111 cm³/mol. The SMILES string of the molecule is Cc1cc(C)n2nc(SCC(=O)c3cc(C)n(-c4ccccc4)c3C)nc2n1. The van der Waals surface area contributed by atoms with Crippen molar-refractivity contribution >= 4 is 23.3 Å². The molecular weight excluding hydrogens is 370 g/mol. The number of nitrogens with zero attached hydrogens (tertiary/aromatic N) is 5. The van der Waals surface area contributed by atoms with E-state index in [-0.39, 0.29) is 11.5 Å². The van der Waals surface area contributed by atoms with Gasteiger partial charge in [-0.1, -0.05) is 30.0 Å². The van der Waals surface area contributed by atoms with Crippen molar-refractivity contribution in [1.29, 1.82) is 0 Å². The summed E-state index contributed by atoms with van der Waals surface area (Å²) in [5, 5.41) is 5.02. The normalized spacial score (nSPS) is 11.3. The van der Waals surface area contributed by atoms with Gasteiger partial charge in [0.05, 0.1) is 5.75 Å². The summed E-state index contributed by atoms with van der Waals surface area (Å²) >= 11 is 1.34. The second kappa shape index (κ2) is 7.24. The first-order chi connectivity index (χ1) is 13.4. The standard InChI is InChI=1S/C21H21N5OS/c1-13-10-15(3)26-20(22-13)23-21(24-26)28-12-19(27)18-11-14(2)25(16(18)4)17-8-6-5-7-9-17/h5-11H,12H2,1-4H3. The van der Waals surface area contributed by atoms with Crippen molar-refractivity contribution in [2.75, 3.05) is 5.75 Å². The zero-order valence-electron chi connectivity index (χ0n) is 16.3. The molecule has 0 N–H and O–H groups in total. The Labute approximate surface area is 167 Å². The number of hydrogen-bond donors (Lipinski definition) is 0. The van der Waals surface area contributed by atoms with Gasteiger partial charge in [-0.3, -0.25) is 4.79 Å². The summed E-state index contributed by atoms with van der Waals surface area (Å²) in [6.45, 7) is 7.90. The van der Waals surface area contributed by atoms with Crippen LogP contribution >= 0.6 is 11.8 Å². The molecule has 3 aromatic heterocycles. The van der Waals surface area contributed by atoms with Gasteiger partial charge in [0.2, 0.25) is 5.16 Å². The number of aryl methyl sites for hydroxylation is 3. The molecule has 0 aliphatic rings. The summed E-state index contributed by atoms with van der Waals surface area (Å²) in [5.74, 6) is 0.920. The summed E-state index contributed by atoms with van der Waals surface area (Å²) in [6, 6.07) is 14.0. The maximum absolute atomic E-state index is 12.9. The van der Waals surface area contributed by atoms with E-state index in [2.05, 4.69) is 19.6 Å². The van der Waals surface area contributed by atoms with E-state index in [0.717, 1.165) is 34.0 Å². The Balaban J connectivity index is 1.56. The number of para-hydroxylation sites is 1. The Kier molecular flexibility index (Phi) is 4.77. The maximum Gasteiger partial charge on any atom is 0.253 e. The first-order valence-electron chi connectivity index (χ1n) is 9.05. The lowest BCUT2D eigenvalue weighted by Gasteiger charge is -2.09. The number of rotatable bonds is 5. The molecule has 6 nitrogen and oxygen atoms in total. The summed E-state index contributed by atoms with van der Waals surface area (Å²) in [7, 11) is 0. The fourth-order valence-electron chi connectivity index (χ4n) is 3.44. The number of hydrogen-bond acceptors (Lipinski definition) is 5. The van der Waals surface area contributed by atoms with Gasteiger partial charge in [-0.2, -0.15) is 4.98 Å². The average Bonchev–Trinajstić information content (AvgIpc) is 3.21. The van der Waals surface area contributed by atoms with Crippen LogP contribution in [0.3, 0.4) is 0 Å². The number of ketones is 1. The Hall–Kier alpha value is -2.93. The van der Waals surface area contributed by atoms with Gasteiger partial charge in [-0.15, -0.1) is 5.10 Å². The first-order valence-corrected chi connectivity index (χ1v) is 10.0. The van der Waals surface area contributed by atoms with Crippen LogP contribution in [-0.2, 0) is 0 Å². The van der Waals surface area contributed by atoms with Crippen LogP contribution in [0.25, 0.3) is 11.5 Å². The molecule has 0 aliphatic heterocycles. The fraction of sp³-hybridized carbons (Fsp3) is 0.238. The van der Waals surface area contributed by atoms with Crippen LogP contribution in [0.5, 0.6) is 0 Å². The maximum atomic E-state index is 12.9. The number of carbonyl (C=O) groups is 1. The van der Waals surface area contributed by atoms with E-state index in [0.29, 0.717) is 10.9 Å². The Morgan fingerprint density at radius 1 is 1.00 bits per heavy atom. The van der Waals surface area contributed by atoms with Crippen LogP contribution in [0.2, 0.25) is 0 Å². The zero-order valence-corrected chi connectivity index (χ0v) is 17.1. The average molecular weight is 392 g/mol. The lowest BCUT2D eigenvalue weighted by molar-refractivity contribution is 0.102. The molecule has 142 valence electrons. The van der Waals surface area contributed by atoms with Gasteiger partial charge in [-0.25, -0.2) is 9.50 Å². The lowest BCUT2D eigenvalue weighted by atomic mass is 10.2. The van der Waals surface area contributed by atoms with Gasteiger partial charge >= 0.3 is 0 Å². The Morgan fingerprint density at radius 3 is 2.50 bits per heavy atom. The molecule has 0 spiro atoms. The van der Waals surface area contributed by atoms with Crippen LogP contribution in [0, 0.1) is 27.7 Å². The molecule has 3 heterocycles. The van der Waals surface area contributed by atoms with Gasteiger partial charge in [0.25, 0.3) is 5.78 Å². The van der Waals surface area contributed by atoms with Crippen molar-refractivity contribution in [1.82, 2.24) is 24.1 Å². The fourth-order valence-corrected chi connectivity index (χ4v) is 4.14. The molecule has 0 fully saturated rings. The van der Waals surface area contributed by atoms with Gasteiger partial charge in [0, 0.05) is 34.0 Å². The monoisotopic (exact) mass is 391 g/mol. The van der Waals surface area contributed by atoms with Crippen LogP contribution in [-0.4, -0.2) is 35.7 Å². The third-order valence-corrected chi connectivity index (χ3v) is 5.51. The minimum Gasteiger partial charge on any atom is -0.318 e. The van der Waals surface area contributed by atoms with Crippen molar-refractivity contribution in [3.05, 3.63) is 70.8 Å². The smallest absolute Gasteiger partial charge is 0.253 e. The molecule has 4 rings (SSSR count). The third-order valence-electron chi connectivity index (χ3n) is 4.68. The van der Waals surface area contributed by atoms with Crippen molar-refractivity contribution in [2.24, 2.45) is 0 Å². The highest BCUT2D eigenvalue weighted by Crippen LogP contribution is 2.23. The minimum absolute atomic E-state index is 0.0694. The molecule has 0 unspecified atom stereocenters. The number of fused-ring (bicyclic) bond motifs is 1. The summed E-state index contributed by atoms with van der Waals surface area (Å²) in [4.78, 5) is 21.7. The van der Waals surface area contributed by atoms with Crippen molar-refractivity contribution in [2.45, 2.75) is 32.9 Å². The van der Waals surface area contributed by atoms with Crippen molar-refractivity contribution in [3.63, 3.8) is 0 Å². The minimum atomic E-state index is 0.0694. The molecule has 1 aromatic carbocycles. The van der Waals surface area contributed by atoms with Crippen LogP contribution in [0.1, 0.15) is 33.1 Å². The van der Waals surface area contributed by atoms with Gasteiger partial charge < -0.3 is 4.57 Å². The van der Waals surface area contributed by atoms with E-state index in [4.69, 9.17) is 0 Å². The molecule has 28 heavy (non-hydrogen) atoms. The molecule has 0 radical (unpaired) electrons. The second-order valence-electron chi connectivity index (χ2n) is 6.81. The number of Topliss-reactive ketones (excluding diaryl/α,β-unsaturated/α-hetero) is 1. The number of thioether (sulfide) groups is 1. The molecule has 7 heteroatoms. The highest BCUT2D eigenvalue weighted by atomic mass is 32.2. The van der Waals surface area contributed by atoms with Crippen LogP contribution in [0.15, 0.2) is 47.6 Å². The molecular formula is C21H21N5OS. The molecule has 0 amide bonds. The van der Waals surface area contributed by atoms with E-state index in [1.165, 1.54) is 11.8 Å². The summed E-state index contributed by atoms with van der Waals surface area (Å²) in [6.07, 6.45) is 0. The topological polar surface area (TPSA) is 65.1 Å². The Morgan fingerprint density at radius 2 is 1.75 bits per heavy atom.